The molecule has 6 heteroatoms. The van der Waals surface area contributed by atoms with Gasteiger partial charge in [-0.3, -0.25) is 4.90 Å². The number of hydrogen-bond donors (Lipinski definition) is 1. The number of halogens is 2. The lowest BCUT2D eigenvalue weighted by molar-refractivity contribution is 0.0738. The zero-order valence-electron chi connectivity index (χ0n) is 12.7. The van der Waals surface area contributed by atoms with Gasteiger partial charge in [-0.1, -0.05) is 11.6 Å². The largest absolute Gasteiger partial charge is 0.491 e. The molecule has 0 aliphatic carbocycles. The van der Waals surface area contributed by atoms with E-state index in [1.807, 2.05) is 35.8 Å². The topological polar surface area (TPSA) is 37.6 Å². The molecular formula is C16H20ClFN2O2. The molecule has 0 amide bonds. The average Bonchev–Trinajstić information content (AvgIpc) is 2.76. The van der Waals surface area contributed by atoms with Crippen LogP contribution in [0.5, 0.6) is 5.75 Å². The van der Waals surface area contributed by atoms with Gasteiger partial charge >= 0.3 is 0 Å². The molecule has 0 saturated heterocycles. The number of ether oxygens (including phenoxy) is 1. The summed E-state index contributed by atoms with van der Waals surface area (Å²) >= 11 is 5.95. The van der Waals surface area contributed by atoms with Gasteiger partial charge in [-0.05, 0) is 37.4 Å². The molecule has 0 bridgehead atoms. The SMILES string of the molecule is CN(Cc1cc(Cl)cn1C)CC(O)COc1ccc(F)cc1. The van der Waals surface area contributed by atoms with Crippen molar-refractivity contribution in [2.45, 2.75) is 12.6 Å². The average molecular weight is 327 g/mol. The summed E-state index contributed by atoms with van der Waals surface area (Å²) in [5.41, 5.74) is 1.07. The van der Waals surface area contributed by atoms with Crippen LogP contribution in [0, 0.1) is 5.82 Å². The first kappa shape index (κ1) is 16.8. The molecule has 120 valence electrons. The molecule has 1 heterocycles. The summed E-state index contributed by atoms with van der Waals surface area (Å²) in [7, 11) is 3.85. The van der Waals surface area contributed by atoms with E-state index in [2.05, 4.69) is 0 Å². The summed E-state index contributed by atoms with van der Waals surface area (Å²) in [6, 6.07) is 7.63. The Morgan fingerprint density at radius 3 is 2.64 bits per heavy atom. The minimum atomic E-state index is -0.634. The van der Waals surface area contributed by atoms with E-state index >= 15 is 0 Å². The number of aromatic nitrogens is 1. The van der Waals surface area contributed by atoms with Crippen molar-refractivity contribution in [2.24, 2.45) is 7.05 Å². The predicted molar refractivity (Wildman–Crippen MR) is 84.7 cm³/mol. The highest BCUT2D eigenvalue weighted by Crippen LogP contribution is 2.14. The van der Waals surface area contributed by atoms with Gasteiger partial charge in [0.1, 0.15) is 24.3 Å². The Morgan fingerprint density at radius 2 is 2.05 bits per heavy atom. The van der Waals surface area contributed by atoms with E-state index in [0.717, 1.165) is 5.69 Å². The minimum absolute atomic E-state index is 0.157. The zero-order chi connectivity index (χ0) is 16.1. The van der Waals surface area contributed by atoms with Crippen LogP contribution in [0.3, 0.4) is 0 Å². The molecule has 2 aromatic rings. The molecule has 1 aromatic carbocycles. The van der Waals surface area contributed by atoms with Crippen LogP contribution in [0.25, 0.3) is 0 Å². The normalized spacial score (nSPS) is 12.6. The third-order valence-electron chi connectivity index (χ3n) is 3.28. The molecular weight excluding hydrogens is 307 g/mol. The van der Waals surface area contributed by atoms with E-state index in [4.69, 9.17) is 16.3 Å². The standard InChI is InChI=1S/C16H20ClFN2O2/c1-19(9-14-7-12(17)8-20(14)2)10-15(21)11-22-16-5-3-13(18)4-6-16/h3-8,15,21H,9-11H2,1-2H3. The van der Waals surface area contributed by atoms with Gasteiger partial charge < -0.3 is 14.4 Å². The number of aliphatic hydroxyl groups is 1. The predicted octanol–water partition coefficient (Wildman–Crippen LogP) is 2.69. The van der Waals surface area contributed by atoms with Crippen LogP contribution in [-0.2, 0) is 13.6 Å². The van der Waals surface area contributed by atoms with Crippen molar-refractivity contribution in [2.75, 3.05) is 20.2 Å². The molecule has 0 aliphatic rings. The molecule has 1 atom stereocenters. The summed E-state index contributed by atoms with van der Waals surface area (Å²) in [6.45, 7) is 1.30. The number of rotatable bonds is 7. The summed E-state index contributed by atoms with van der Waals surface area (Å²) in [4.78, 5) is 1.99. The highest BCUT2D eigenvalue weighted by molar-refractivity contribution is 6.30. The Bertz CT molecular complexity index is 601. The second kappa shape index (κ2) is 7.63. The number of likely N-dealkylation sites (N-methyl/N-ethyl adjacent to an activating group) is 1. The van der Waals surface area contributed by atoms with E-state index < -0.39 is 6.10 Å². The molecule has 2 rings (SSSR count). The van der Waals surface area contributed by atoms with E-state index in [-0.39, 0.29) is 12.4 Å². The lowest BCUT2D eigenvalue weighted by Crippen LogP contribution is -2.33. The molecule has 1 N–H and O–H groups in total. The van der Waals surface area contributed by atoms with Crippen LogP contribution in [-0.4, -0.2) is 40.9 Å². The molecule has 0 radical (unpaired) electrons. The first-order valence-electron chi connectivity index (χ1n) is 7.00. The fourth-order valence-electron chi connectivity index (χ4n) is 2.20. The smallest absolute Gasteiger partial charge is 0.123 e. The first-order valence-corrected chi connectivity index (χ1v) is 7.37. The quantitative estimate of drug-likeness (QED) is 0.850. The third-order valence-corrected chi connectivity index (χ3v) is 3.49. The summed E-state index contributed by atoms with van der Waals surface area (Å²) in [6.07, 6.45) is 1.21. The molecule has 1 unspecified atom stereocenters. The Hall–Kier alpha value is -1.56. The molecule has 0 fully saturated rings. The van der Waals surface area contributed by atoms with Crippen molar-refractivity contribution in [1.82, 2.24) is 9.47 Å². The van der Waals surface area contributed by atoms with E-state index in [1.54, 1.807) is 0 Å². The van der Waals surface area contributed by atoms with Crippen molar-refractivity contribution in [3.05, 3.63) is 53.1 Å². The summed E-state index contributed by atoms with van der Waals surface area (Å²) < 4.78 is 20.2. The third kappa shape index (κ3) is 5.02. The monoisotopic (exact) mass is 326 g/mol. The fourth-order valence-corrected chi connectivity index (χ4v) is 2.47. The van der Waals surface area contributed by atoms with Gasteiger partial charge in [0, 0.05) is 32.0 Å². The number of benzene rings is 1. The molecule has 22 heavy (non-hydrogen) atoms. The van der Waals surface area contributed by atoms with E-state index in [0.29, 0.717) is 23.9 Å². The van der Waals surface area contributed by atoms with Crippen LogP contribution in [0.15, 0.2) is 36.5 Å². The van der Waals surface area contributed by atoms with E-state index in [9.17, 15) is 9.50 Å². The maximum absolute atomic E-state index is 12.8. The highest BCUT2D eigenvalue weighted by Gasteiger charge is 2.11. The molecule has 0 spiro atoms. The number of hydrogen-bond acceptors (Lipinski definition) is 3. The van der Waals surface area contributed by atoms with Crippen molar-refractivity contribution >= 4 is 11.6 Å². The summed E-state index contributed by atoms with van der Waals surface area (Å²) in [5, 5.41) is 10.7. The van der Waals surface area contributed by atoms with Crippen LogP contribution >= 0.6 is 11.6 Å². The fraction of sp³-hybridized carbons (Fsp3) is 0.375. The van der Waals surface area contributed by atoms with Gasteiger partial charge in [0.2, 0.25) is 0 Å². The molecule has 4 nitrogen and oxygen atoms in total. The maximum Gasteiger partial charge on any atom is 0.123 e. The van der Waals surface area contributed by atoms with Crippen LogP contribution in [0.4, 0.5) is 4.39 Å². The van der Waals surface area contributed by atoms with E-state index in [1.165, 1.54) is 24.3 Å². The van der Waals surface area contributed by atoms with Gasteiger partial charge in [0.25, 0.3) is 0 Å². The number of aliphatic hydroxyl groups excluding tert-OH is 1. The van der Waals surface area contributed by atoms with Gasteiger partial charge in [-0.2, -0.15) is 0 Å². The maximum atomic E-state index is 12.8. The second-order valence-corrected chi connectivity index (χ2v) is 5.81. The van der Waals surface area contributed by atoms with Crippen LogP contribution < -0.4 is 4.74 Å². The Balaban J connectivity index is 1.77. The molecule has 0 saturated carbocycles. The van der Waals surface area contributed by atoms with Crippen molar-refractivity contribution in [3.8, 4) is 5.75 Å². The second-order valence-electron chi connectivity index (χ2n) is 5.38. The molecule has 1 aromatic heterocycles. The van der Waals surface area contributed by atoms with Crippen molar-refractivity contribution in [3.63, 3.8) is 0 Å². The number of nitrogens with zero attached hydrogens (tertiary/aromatic N) is 2. The first-order chi connectivity index (χ1) is 10.4. The van der Waals surface area contributed by atoms with Gasteiger partial charge in [0.15, 0.2) is 0 Å². The summed E-state index contributed by atoms with van der Waals surface area (Å²) in [5.74, 6) is 0.228. The Morgan fingerprint density at radius 1 is 1.36 bits per heavy atom. The van der Waals surface area contributed by atoms with Gasteiger partial charge in [0.05, 0.1) is 5.02 Å². The van der Waals surface area contributed by atoms with Crippen molar-refractivity contribution in [1.29, 1.82) is 0 Å². The minimum Gasteiger partial charge on any atom is -0.491 e. The number of aryl methyl sites for hydroxylation is 1. The van der Waals surface area contributed by atoms with Crippen molar-refractivity contribution < 1.29 is 14.2 Å². The van der Waals surface area contributed by atoms with Gasteiger partial charge in [-0.25, -0.2) is 4.39 Å². The zero-order valence-corrected chi connectivity index (χ0v) is 13.4. The van der Waals surface area contributed by atoms with Gasteiger partial charge in [-0.15, -0.1) is 0 Å². The van der Waals surface area contributed by atoms with Crippen LogP contribution in [0.2, 0.25) is 5.02 Å². The Labute approximate surface area is 134 Å². The highest BCUT2D eigenvalue weighted by atomic mass is 35.5. The lowest BCUT2D eigenvalue weighted by Gasteiger charge is -2.21. The van der Waals surface area contributed by atoms with Crippen LogP contribution in [0.1, 0.15) is 5.69 Å². The molecule has 0 aliphatic heterocycles. The Kier molecular flexibility index (Phi) is 5.83. The lowest BCUT2D eigenvalue weighted by atomic mass is 10.3.